The number of hydrogen-bond acceptors (Lipinski definition) is 6. The number of aryl methyl sites for hydroxylation is 1. The molecule has 162 valence electrons. The van der Waals surface area contributed by atoms with E-state index in [0.29, 0.717) is 27.4 Å². The van der Waals surface area contributed by atoms with Crippen LogP contribution in [0.2, 0.25) is 5.02 Å². The van der Waals surface area contributed by atoms with Gasteiger partial charge in [0.05, 0.1) is 25.0 Å². The van der Waals surface area contributed by atoms with Crippen molar-refractivity contribution in [3.05, 3.63) is 58.9 Å². The predicted octanol–water partition coefficient (Wildman–Crippen LogP) is 3.70. The largest absolute Gasteiger partial charge is 0.495 e. The van der Waals surface area contributed by atoms with Crippen LogP contribution in [-0.4, -0.2) is 39.4 Å². The third kappa shape index (κ3) is 6.22. The summed E-state index contributed by atoms with van der Waals surface area (Å²) in [5, 5.41) is 14.8. The number of ether oxygens (including phenoxy) is 1. The van der Waals surface area contributed by atoms with E-state index in [0.717, 1.165) is 11.3 Å². The quantitative estimate of drug-likeness (QED) is 0.498. The highest BCUT2D eigenvalue weighted by Crippen LogP contribution is 2.28. The number of thioether (sulfide) groups is 1. The SMILES string of the molecule is COc1ccc(Cl)cc1NC(=O)CSc1nnc(CC(=O)Nc2ccc(C)cc2)n1C. The minimum Gasteiger partial charge on any atom is -0.495 e. The number of anilines is 2. The van der Waals surface area contributed by atoms with Crippen molar-refractivity contribution >= 4 is 46.6 Å². The number of rotatable bonds is 8. The number of amides is 2. The maximum atomic E-state index is 12.3. The summed E-state index contributed by atoms with van der Waals surface area (Å²) in [7, 11) is 3.28. The van der Waals surface area contributed by atoms with Crippen molar-refractivity contribution in [1.82, 2.24) is 14.8 Å². The molecule has 0 aliphatic carbocycles. The highest BCUT2D eigenvalue weighted by molar-refractivity contribution is 7.99. The predicted molar refractivity (Wildman–Crippen MR) is 122 cm³/mol. The number of aromatic nitrogens is 3. The number of nitrogens with zero attached hydrogens (tertiary/aromatic N) is 3. The molecule has 8 nitrogen and oxygen atoms in total. The first-order valence-electron chi connectivity index (χ1n) is 9.36. The molecule has 2 aromatic carbocycles. The number of benzene rings is 2. The molecular weight excluding hydrogens is 438 g/mol. The molecule has 0 fully saturated rings. The summed E-state index contributed by atoms with van der Waals surface area (Å²) in [6.45, 7) is 1.98. The Morgan fingerprint density at radius 2 is 1.84 bits per heavy atom. The summed E-state index contributed by atoms with van der Waals surface area (Å²) in [6, 6.07) is 12.5. The van der Waals surface area contributed by atoms with E-state index >= 15 is 0 Å². The molecule has 1 heterocycles. The molecule has 2 amide bonds. The smallest absolute Gasteiger partial charge is 0.234 e. The first kappa shape index (κ1) is 22.6. The topological polar surface area (TPSA) is 98.1 Å². The standard InChI is InChI=1S/C21H22ClN5O3S/c1-13-4-7-15(8-5-13)23-19(28)11-18-25-26-21(27(18)2)31-12-20(29)24-16-10-14(22)6-9-17(16)30-3/h4-10H,11-12H2,1-3H3,(H,23,28)(H,24,29). The van der Waals surface area contributed by atoms with Gasteiger partial charge >= 0.3 is 0 Å². The Morgan fingerprint density at radius 3 is 2.55 bits per heavy atom. The van der Waals surface area contributed by atoms with Crippen LogP contribution in [0.3, 0.4) is 0 Å². The van der Waals surface area contributed by atoms with E-state index in [1.54, 1.807) is 29.8 Å². The van der Waals surface area contributed by atoms with Crippen LogP contribution in [0.25, 0.3) is 0 Å². The second kappa shape index (κ2) is 10.3. The van der Waals surface area contributed by atoms with Gasteiger partial charge in [0.15, 0.2) is 5.16 Å². The summed E-state index contributed by atoms with van der Waals surface area (Å²) in [4.78, 5) is 24.6. The zero-order valence-electron chi connectivity index (χ0n) is 17.3. The maximum Gasteiger partial charge on any atom is 0.234 e. The summed E-state index contributed by atoms with van der Waals surface area (Å²) in [5.41, 5.74) is 2.33. The Labute approximate surface area is 189 Å². The minimum atomic E-state index is -0.243. The number of carbonyl (C=O) groups is 2. The molecule has 31 heavy (non-hydrogen) atoms. The lowest BCUT2D eigenvalue weighted by atomic mass is 10.2. The Hall–Kier alpha value is -3.04. The van der Waals surface area contributed by atoms with Crippen LogP contribution in [-0.2, 0) is 23.1 Å². The van der Waals surface area contributed by atoms with E-state index in [-0.39, 0.29) is 24.0 Å². The minimum absolute atomic E-state index is 0.0733. The first-order chi connectivity index (χ1) is 14.9. The summed E-state index contributed by atoms with van der Waals surface area (Å²) >= 11 is 7.20. The van der Waals surface area contributed by atoms with Crippen LogP contribution in [0.5, 0.6) is 5.75 Å². The molecule has 3 aromatic rings. The molecule has 0 radical (unpaired) electrons. The molecule has 2 N–H and O–H groups in total. The van der Waals surface area contributed by atoms with E-state index in [1.165, 1.54) is 18.9 Å². The van der Waals surface area contributed by atoms with Gasteiger partial charge in [-0.1, -0.05) is 41.1 Å². The second-order valence-electron chi connectivity index (χ2n) is 6.73. The van der Waals surface area contributed by atoms with Gasteiger partial charge in [-0.25, -0.2) is 0 Å². The second-order valence-corrected chi connectivity index (χ2v) is 8.11. The van der Waals surface area contributed by atoms with Gasteiger partial charge in [0.1, 0.15) is 11.6 Å². The van der Waals surface area contributed by atoms with Gasteiger partial charge < -0.3 is 19.9 Å². The molecular formula is C21H22ClN5O3S. The van der Waals surface area contributed by atoms with Crippen molar-refractivity contribution in [2.75, 3.05) is 23.5 Å². The fourth-order valence-corrected chi connectivity index (χ4v) is 3.61. The van der Waals surface area contributed by atoms with Gasteiger partial charge in [0.2, 0.25) is 11.8 Å². The molecule has 0 atom stereocenters. The number of nitrogens with one attached hydrogen (secondary N) is 2. The van der Waals surface area contributed by atoms with E-state index in [9.17, 15) is 9.59 Å². The highest BCUT2D eigenvalue weighted by atomic mass is 35.5. The molecule has 3 rings (SSSR count). The number of hydrogen-bond donors (Lipinski definition) is 2. The van der Waals surface area contributed by atoms with Gasteiger partial charge in [-0.15, -0.1) is 10.2 Å². The van der Waals surface area contributed by atoms with E-state index < -0.39 is 0 Å². The molecule has 0 unspecified atom stereocenters. The Morgan fingerprint density at radius 1 is 1.10 bits per heavy atom. The van der Waals surface area contributed by atoms with Crippen LogP contribution >= 0.6 is 23.4 Å². The van der Waals surface area contributed by atoms with Crippen LogP contribution in [0, 0.1) is 6.92 Å². The highest BCUT2D eigenvalue weighted by Gasteiger charge is 2.15. The third-order valence-corrected chi connectivity index (χ3v) is 5.60. The fourth-order valence-electron chi connectivity index (χ4n) is 2.70. The van der Waals surface area contributed by atoms with Crippen molar-refractivity contribution in [3.8, 4) is 5.75 Å². The van der Waals surface area contributed by atoms with E-state index in [1.807, 2.05) is 31.2 Å². The molecule has 0 aliphatic rings. The van der Waals surface area contributed by atoms with E-state index in [4.69, 9.17) is 16.3 Å². The van der Waals surface area contributed by atoms with E-state index in [2.05, 4.69) is 20.8 Å². The Bertz CT molecular complexity index is 1090. The molecule has 0 saturated carbocycles. The molecule has 0 saturated heterocycles. The van der Waals surface area contributed by atoms with Crippen molar-refractivity contribution in [2.45, 2.75) is 18.5 Å². The van der Waals surface area contributed by atoms with Crippen molar-refractivity contribution < 1.29 is 14.3 Å². The fraction of sp³-hybridized carbons (Fsp3) is 0.238. The zero-order valence-corrected chi connectivity index (χ0v) is 18.9. The maximum absolute atomic E-state index is 12.3. The number of halogens is 1. The van der Waals surface area contributed by atoms with Gasteiger partial charge in [0, 0.05) is 17.8 Å². The Balaban J connectivity index is 1.55. The zero-order chi connectivity index (χ0) is 22.4. The molecule has 0 aliphatic heterocycles. The lowest BCUT2D eigenvalue weighted by Gasteiger charge is -2.10. The molecule has 1 aromatic heterocycles. The van der Waals surface area contributed by atoms with Gasteiger partial charge in [-0.2, -0.15) is 0 Å². The monoisotopic (exact) mass is 459 g/mol. The van der Waals surface area contributed by atoms with Gasteiger partial charge in [-0.05, 0) is 37.3 Å². The lowest BCUT2D eigenvalue weighted by molar-refractivity contribution is -0.116. The number of carbonyl (C=O) groups excluding carboxylic acids is 2. The normalized spacial score (nSPS) is 10.6. The average Bonchev–Trinajstić information content (AvgIpc) is 3.07. The summed E-state index contributed by atoms with van der Waals surface area (Å²) < 4.78 is 6.93. The summed E-state index contributed by atoms with van der Waals surface area (Å²) in [5.74, 6) is 0.693. The van der Waals surface area contributed by atoms with Crippen LogP contribution in [0.4, 0.5) is 11.4 Å². The van der Waals surface area contributed by atoms with Crippen LogP contribution in [0.1, 0.15) is 11.4 Å². The molecule has 0 spiro atoms. The van der Waals surface area contributed by atoms with Crippen LogP contribution in [0.15, 0.2) is 47.6 Å². The Kier molecular flexibility index (Phi) is 7.54. The summed E-state index contributed by atoms with van der Waals surface area (Å²) in [6.07, 6.45) is 0.0733. The van der Waals surface area contributed by atoms with Crippen molar-refractivity contribution in [3.63, 3.8) is 0 Å². The van der Waals surface area contributed by atoms with Crippen molar-refractivity contribution in [2.24, 2.45) is 7.05 Å². The third-order valence-electron chi connectivity index (χ3n) is 4.35. The van der Waals surface area contributed by atoms with Crippen LogP contribution < -0.4 is 15.4 Å². The average molecular weight is 460 g/mol. The van der Waals surface area contributed by atoms with Gasteiger partial charge in [0.25, 0.3) is 0 Å². The van der Waals surface area contributed by atoms with Gasteiger partial charge in [-0.3, -0.25) is 9.59 Å². The lowest BCUT2D eigenvalue weighted by Crippen LogP contribution is -2.17. The number of methoxy groups -OCH3 is 1. The van der Waals surface area contributed by atoms with Crippen molar-refractivity contribution in [1.29, 1.82) is 0 Å². The first-order valence-corrected chi connectivity index (χ1v) is 10.7. The molecule has 0 bridgehead atoms. The molecule has 10 heteroatoms.